The highest BCUT2D eigenvalue weighted by molar-refractivity contribution is 5.77. The maximum atomic E-state index is 11.3. The van der Waals surface area contributed by atoms with Crippen molar-refractivity contribution in [2.75, 3.05) is 20.2 Å². The Hall–Kier alpha value is -1.62. The predicted octanol–water partition coefficient (Wildman–Crippen LogP) is 0.706. The number of nitrogens with zero attached hydrogens (tertiary/aromatic N) is 1. The highest BCUT2D eigenvalue weighted by Crippen LogP contribution is 2.07. The number of ether oxygens (including phenoxy) is 1. The van der Waals surface area contributed by atoms with Crippen LogP contribution in [0.15, 0.2) is 18.3 Å². The van der Waals surface area contributed by atoms with E-state index in [1.54, 1.807) is 13.3 Å². The van der Waals surface area contributed by atoms with Crippen LogP contribution in [0.4, 0.5) is 0 Å². The molecule has 5 nitrogen and oxygen atoms in total. The maximum absolute atomic E-state index is 11.3. The summed E-state index contributed by atoms with van der Waals surface area (Å²) in [6, 6.07) is 3.73. The van der Waals surface area contributed by atoms with Crippen molar-refractivity contribution < 1.29 is 9.53 Å². The van der Waals surface area contributed by atoms with Gasteiger partial charge in [0.1, 0.15) is 0 Å². The van der Waals surface area contributed by atoms with E-state index in [0.717, 1.165) is 18.5 Å². The fourth-order valence-electron chi connectivity index (χ4n) is 1.32. The van der Waals surface area contributed by atoms with Crippen molar-refractivity contribution in [3.63, 3.8) is 0 Å². The summed E-state index contributed by atoms with van der Waals surface area (Å²) in [5.41, 5.74) is 1.04. The van der Waals surface area contributed by atoms with Gasteiger partial charge in [-0.15, -0.1) is 0 Å². The summed E-state index contributed by atoms with van der Waals surface area (Å²) >= 11 is 0. The van der Waals surface area contributed by atoms with Crippen molar-refractivity contribution in [1.29, 1.82) is 0 Å². The monoisotopic (exact) mass is 237 g/mol. The number of methoxy groups -OCH3 is 1. The molecule has 1 aromatic heterocycles. The van der Waals surface area contributed by atoms with E-state index in [1.165, 1.54) is 0 Å². The summed E-state index contributed by atoms with van der Waals surface area (Å²) in [6.07, 6.45) is 2.64. The summed E-state index contributed by atoms with van der Waals surface area (Å²) < 4.78 is 5.02. The molecule has 5 heteroatoms. The molecule has 0 radical (unpaired) electrons. The first-order valence-corrected chi connectivity index (χ1v) is 5.72. The van der Waals surface area contributed by atoms with Gasteiger partial charge in [0, 0.05) is 25.4 Å². The van der Waals surface area contributed by atoms with Gasteiger partial charge in [0.05, 0.1) is 13.7 Å². The van der Waals surface area contributed by atoms with Gasteiger partial charge >= 0.3 is 0 Å². The van der Waals surface area contributed by atoms with Crippen molar-refractivity contribution in [2.24, 2.45) is 0 Å². The molecule has 1 aromatic rings. The van der Waals surface area contributed by atoms with E-state index in [1.807, 2.05) is 19.1 Å². The summed E-state index contributed by atoms with van der Waals surface area (Å²) in [5.74, 6) is 0.604. The van der Waals surface area contributed by atoms with Crippen LogP contribution in [-0.2, 0) is 11.3 Å². The summed E-state index contributed by atoms with van der Waals surface area (Å²) in [6.45, 7) is 3.70. The highest BCUT2D eigenvalue weighted by atomic mass is 16.5. The smallest absolute Gasteiger partial charge is 0.233 e. The third-order valence-electron chi connectivity index (χ3n) is 2.20. The lowest BCUT2D eigenvalue weighted by Crippen LogP contribution is -2.33. The third-order valence-corrected chi connectivity index (χ3v) is 2.20. The zero-order valence-electron chi connectivity index (χ0n) is 10.3. The van der Waals surface area contributed by atoms with Crippen molar-refractivity contribution in [3.8, 4) is 5.88 Å². The molecule has 0 aromatic carbocycles. The fourth-order valence-corrected chi connectivity index (χ4v) is 1.32. The lowest BCUT2D eigenvalue weighted by molar-refractivity contribution is -0.120. The standard InChI is InChI=1S/C12H19N3O2/c1-3-5-14-11(16)9-13-8-10-4-6-15-12(7-10)17-2/h4,6-7,13H,3,5,8-9H2,1-2H3,(H,14,16). The number of carbonyl (C=O) groups excluding carboxylic acids is 1. The van der Waals surface area contributed by atoms with Crippen LogP contribution in [0, 0.1) is 0 Å². The second-order valence-corrected chi connectivity index (χ2v) is 3.66. The Balaban J connectivity index is 2.28. The molecule has 0 saturated heterocycles. The Kier molecular flexibility index (Phi) is 6.03. The number of hydrogen-bond donors (Lipinski definition) is 2. The van der Waals surface area contributed by atoms with Crippen molar-refractivity contribution in [2.45, 2.75) is 19.9 Å². The van der Waals surface area contributed by atoms with Crippen LogP contribution in [0.25, 0.3) is 0 Å². The normalized spacial score (nSPS) is 10.0. The van der Waals surface area contributed by atoms with Crippen molar-refractivity contribution in [3.05, 3.63) is 23.9 Å². The van der Waals surface area contributed by atoms with Crippen LogP contribution < -0.4 is 15.4 Å². The number of carbonyl (C=O) groups is 1. The van der Waals surface area contributed by atoms with Crippen LogP contribution in [0.3, 0.4) is 0 Å². The van der Waals surface area contributed by atoms with Gasteiger partial charge in [-0.05, 0) is 18.1 Å². The molecule has 0 saturated carbocycles. The number of pyridine rings is 1. The Bertz CT molecular complexity index is 355. The number of rotatable bonds is 7. The number of hydrogen-bond acceptors (Lipinski definition) is 4. The quantitative estimate of drug-likeness (QED) is 0.733. The molecule has 0 bridgehead atoms. The maximum Gasteiger partial charge on any atom is 0.233 e. The molecule has 2 N–H and O–H groups in total. The first-order chi connectivity index (χ1) is 8.26. The largest absolute Gasteiger partial charge is 0.481 e. The zero-order chi connectivity index (χ0) is 12.5. The molecule has 0 aliphatic heterocycles. The van der Waals surface area contributed by atoms with E-state index in [-0.39, 0.29) is 5.91 Å². The van der Waals surface area contributed by atoms with Gasteiger partial charge in [-0.25, -0.2) is 4.98 Å². The molecule has 0 fully saturated rings. The van der Waals surface area contributed by atoms with Crippen molar-refractivity contribution in [1.82, 2.24) is 15.6 Å². The molecule has 94 valence electrons. The number of aromatic nitrogens is 1. The Labute approximate surface area is 102 Å². The summed E-state index contributed by atoms with van der Waals surface area (Å²) in [4.78, 5) is 15.3. The van der Waals surface area contributed by atoms with Gasteiger partial charge in [-0.1, -0.05) is 6.92 Å². The third kappa shape index (κ3) is 5.31. The van der Waals surface area contributed by atoms with E-state index >= 15 is 0 Å². The Morgan fingerprint density at radius 3 is 3.06 bits per heavy atom. The minimum Gasteiger partial charge on any atom is -0.481 e. The van der Waals surface area contributed by atoms with Gasteiger partial charge in [-0.2, -0.15) is 0 Å². The van der Waals surface area contributed by atoms with Gasteiger partial charge in [0.15, 0.2) is 0 Å². The summed E-state index contributed by atoms with van der Waals surface area (Å²) in [7, 11) is 1.58. The molecule has 0 aliphatic carbocycles. The topological polar surface area (TPSA) is 63.2 Å². The molecule has 1 heterocycles. The first-order valence-electron chi connectivity index (χ1n) is 5.72. The van der Waals surface area contributed by atoms with Crippen LogP contribution >= 0.6 is 0 Å². The predicted molar refractivity (Wildman–Crippen MR) is 65.8 cm³/mol. The van der Waals surface area contributed by atoms with Crippen LogP contribution in [0.2, 0.25) is 0 Å². The molecular weight excluding hydrogens is 218 g/mol. The molecule has 1 rings (SSSR count). The van der Waals surface area contributed by atoms with Gasteiger partial charge < -0.3 is 15.4 Å². The molecule has 0 unspecified atom stereocenters. The molecule has 17 heavy (non-hydrogen) atoms. The molecule has 1 amide bonds. The minimum absolute atomic E-state index is 0.0212. The number of amides is 1. The molecular formula is C12H19N3O2. The molecule has 0 spiro atoms. The fraction of sp³-hybridized carbons (Fsp3) is 0.500. The zero-order valence-corrected chi connectivity index (χ0v) is 10.3. The van der Waals surface area contributed by atoms with Gasteiger partial charge in [0.2, 0.25) is 11.8 Å². The second kappa shape index (κ2) is 7.62. The summed E-state index contributed by atoms with van der Waals surface area (Å²) in [5, 5.41) is 5.87. The van der Waals surface area contributed by atoms with E-state index in [9.17, 15) is 4.79 Å². The van der Waals surface area contributed by atoms with E-state index in [4.69, 9.17) is 4.74 Å². The van der Waals surface area contributed by atoms with Crippen molar-refractivity contribution >= 4 is 5.91 Å². The average Bonchev–Trinajstić information content (AvgIpc) is 2.36. The Morgan fingerprint density at radius 1 is 1.53 bits per heavy atom. The van der Waals surface area contributed by atoms with Gasteiger partial charge in [-0.3, -0.25) is 4.79 Å². The van der Waals surface area contributed by atoms with E-state index in [0.29, 0.717) is 19.0 Å². The Morgan fingerprint density at radius 2 is 2.35 bits per heavy atom. The lowest BCUT2D eigenvalue weighted by Gasteiger charge is -2.06. The SMILES string of the molecule is CCCNC(=O)CNCc1ccnc(OC)c1. The van der Waals surface area contributed by atoms with E-state index in [2.05, 4.69) is 15.6 Å². The molecule has 0 atom stereocenters. The number of nitrogens with one attached hydrogen (secondary N) is 2. The molecule has 0 aliphatic rings. The highest BCUT2D eigenvalue weighted by Gasteiger charge is 2.00. The van der Waals surface area contributed by atoms with E-state index < -0.39 is 0 Å². The van der Waals surface area contributed by atoms with Crippen LogP contribution in [-0.4, -0.2) is 31.1 Å². The van der Waals surface area contributed by atoms with Crippen LogP contribution in [0.1, 0.15) is 18.9 Å². The first kappa shape index (κ1) is 13.4. The van der Waals surface area contributed by atoms with Gasteiger partial charge in [0.25, 0.3) is 0 Å². The average molecular weight is 237 g/mol. The van der Waals surface area contributed by atoms with Crippen LogP contribution in [0.5, 0.6) is 5.88 Å². The second-order valence-electron chi connectivity index (χ2n) is 3.66. The lowest BCUT2D eigenvalue weighted by atomic mass is 10.2. The minimum atomic E-state index is 0.0212.